The smallest absolute Gasteiger partial charge is 0.243 e. The standard InChI is InChI=1S/C20H45NO5Si5/c1-13-18(22)21-16-15-17-31(11,12)20(25-29(7)8,26-30(9)10)19(14-2,23-27(3)4)24-28(5)6/h13H,1,14-17H2,2-12H3,(H,21,22). The Bertz CT molecular complexity index is 538. The largest absolute Gasteiger partial charge is 0.390 e. The molecule has 0 heterocycles. The van der Waals surface area contributed by atoms with Gasteiger partial charge >= 0.3 is 0 Å². The Morgan fingerprint density at radius 2 is 1.32 bits per heavy atom. The maximum absolute atomic E-state index is 11.6. The lowest BCUT2D eigenvalue weighted by atomic mass is 10.2. The van der Waals surface area contributed by atoms with E-state index in [4.69, 9.17) is 17.7 Å². The Hall–Kier alpha value is 0.134. The zero-order chi connectivity index (χ0) is 24.5. The molecule has 0 saturated carbocycles. The zero-order valence-electron chi connectivity index (χ0n) is 21.7. The van der Waals surface area contributed by atoms with Crippen molar-refractivity contribution in [3.8, 4) is 0 Å². The first-order valence-electron chi connectivity index (χ1n) is 11.1. The van der Waals surface area contributed by atoms with Crippen molar-refractivity contribution in [1.82, 2.24) is 5.32 Å². The van der Waals surface area contributed by atoms with Gasteiger partial charge in [-0.2, -0.15) is 0 Å². The number of hydrogen-bond donors (Lipinski definition) is 1. The topological polar surface area (TPSA) is 66.0 Å². The second kappa shape index (κ2) is 13.7. The van der Waals surface area contributed by atoms with Crippen LogP contribution in [0.4, 0.5) is 0 Å². The van der Waals surface area contributed by atoms with E-state index in [9.17, 15) is 4.79 Å². The second-order valence-corrected chi connectivity index (χ2v) is 22.3. The van der Waals surface area contributed by atoms with Crippen LogP contribution in [0.1, 0.15) is 19.8 Å². The normalized spacial score (nSPS) is 13.5. The van der Waals surface area contributed by atoms with E-state index >= 15 is 0 Å². The number of carbonyl (C=O) groups excluding carboxylic acids is 1. The summed E-state index contributed by atoms with van der Waals surface area (Å²) < 4.78 is 27.3. The minimum atomic E-state index is -2.27. The van der Waals surface area contributed by atoms with E-state index in [1.54, 1.807) is 0 Å². The van der Waals surface area contributed by atoms with E-state index in [0.29, 0.717) is 13.0 Å². The van der Waals surface area contributed by atoms with Gasteiger partial charge in [0.15, 0.2) is 11.2 Å². The molecular formula is C20H45NO5Si5. The summed E-state index contributed by atoms with van der Waals surface area (Å²) in [5.74, 6) is -1.05. The zero-order valence-corrected chi connectivity index (χ0v) is 26.7. The van der Waals surface area contributed by atoms with Gasteiger partial charge in [-0.05, 0) is 64.9 Å². The predicted molar refractivity (Wildman–Crippen MR) is 140 cm³/mol. The van der Waals surface area contributed by atoms with Gasteiger partial charge in [-0.25, -0.2) is 0 Å². The summed E-state index contributed by atoms with van der Waals surface area (Å²) in [6, 6.07) is 0.925. The summed E-state index contributed by atoms with van der Waals surface area (Å²) in [7, 11) is -6.70. The molecule has 4 radical (unpaired) electrons. The van der Waals surface area contributed by atoms with Crippen molar-refractivity contribution < 1.29 is 22.5 Å². The highest BCUT2D eigenvalue weighted by molar-refractivity contribution is 6.81. The molecule has 0 aromatic heterocycles. The lowest BCUT2D eigenvalue weighted by Gasteiger charge is -2.58. The minimum Gasteiger partial charge on any atom is -0.390 e. The fourth-order valence-electron chi connectivity index (χ4n) is 3.71. The maximum Gasteiger partial charge on any atom is 0.243 e. The van der Waals surface area contributed by atoms with E-state index in [0.717, 1.165) is 12.5 Å². The number of nitrogens with one attached hydrogen (secondary N) is 1. The Morgan fingerprint density at radius 3 is 1.65 bits per heavy atom. The molecule has 1 amide bonds. The molecule has 0 atom stereocenters. The van der Waals surface area contributed by atoms with Crippen molar-refractivity contribution in [2.75, 3.05) is 6.54 Å². The van der Waals surface area contributed by atoms with Crippen molar-refractivity contribution in [3.05, 3.63) is 12.7 Å². The number of amides is 1. The van der Waals surface area contributed by atoms with Gasteiger partial charge in [0.05, 0.1) is 0 Å². The van der Waals surface area contributed by atoms with Crippen LogP contribution >= 0.6 is 0 Å². The molecule has 11 heteroatoms. The summed E-state index contributed by atoms with van der Waals surface area (Å²) in [6.07, 6.45) is 2.84. The fraction of sp³-hybridized carbons (Fsp3) is 0.850. The second-order valence-electron chi connectivity index (χ2n) is 9.25. The average Bonchev–Trinajstić information content (AvgIpc) is 2.61. The van der Waals surface area contributed by atoms with Gasteiger partial charge in [-0.3, -0.25) is 4.79 Å². The summed E-state index contributed by atoms with van der Waals surface area (Å²) in [5.41, 5.74) is -0.892. The van der Waals surface area contributed by atoms with Crippen LogP contribution in [-0.4, -0.2) is 67.9 Å². The summed E-state index contributed by atoms with van der Waals surface area (Å²) in [5, 5.41) is 2.90. The van der Waals surface area contributed by atoms with E-state index in [-0.39, 0.29) is 5.91 Å². The lowest BCUT2D eigenvalue weighted by Crippen LogP contribution is -2.75. The van der Waals surface area contributed by atoms with Crippen LogP contribution in [0.25, 0.3) is 0 Å². The number of hydrogen-bond acceptors (Lipinski definition) is 5. The van der Waals surface area contributed by atoms with Crippen LogP contribution < -0.4 is 5.32 Å². The van der Waals surface area contributed by atoms with Crippen LogP contribution in [-0.2, 0) is 22.5 Å². The predicted octanol–water partition coefficient (Wildman–Crippen LogP) is 4.80. The molecule has 6 nitrogen and oxygen atoms in total. The molecule has 0 saturated heterocycles. The molecule has 180 valence electrons. The first-order valence-corrected chi connectivity index (χ1v) is 23.9. The Morgan fingerprint density at radius 1 is 0.903 bits per heavy atom. The molecule has 31 heavy (non-hydrogen) atoms. The van der Waals surface area contributed by atoms with Crippen molar-refractivity contribution >= 4 is 50.1 Å². The SMILES string of the molecule is C=CC(=O)NCCC[Si](C)(C)C(O[Si](C)C)(O[Si](C)C)C(CC)(O[Si](C)C)O[Si](C)C. The van der Waals surface area contributed by atoms with Crippen molar-refractivity contribution in [3.63, 3.8) is 0 Å². The number of carbonyl (C=O) groups is 1. The lowest BCUT2D eigenvalue weighted by molar-refractivity contribution is -0.278. The van der Waals surface area contributed by atoms with Crippen molar-refractivity contribution in [2.24, 2.45) is 0 Å². The molecule has 0 unspecified atom stereocenters. The summed E-state index contributed by atoms with van der Waals surface area (Å²) in [4.78, 5) is 11.6. The molecule has 0 aromatic carbocycles. The van der Waals surface area contributed by atoms with Crippen LogP contribution in [0.5, 0.6) is 0 Å². The van der Waals surface area contributed by atoms with Crippen LogP contribution in [0.3, 0.4) is 0 Å². The minimum absolute atomic E-state index is 0.138. The van der Waals surface area contributed by atoms with E-state index < -0.39 is 55.4 Å². The van der Waals surface area contributed by atoms with Gasteiger partial charge < -0.3 is 23.0 Å². The van der Waals surface area contributed by atoms with Crippen molar-refractivity contribution in [2.45, 2.75) is 102 Å². The first kappa shape index (κ1) is 31.1. The third-order valence-corrected chi connectivity index (χ3v) is 12.0. The molecule has 0 fully saturated rings. The van der Waals surface area contributed by atoms with E-state index in [1.807, 2.05) is 0 Å². The number of rotatable bonds is 16. The molecule has 0 aliphatic rings. The molecule has 0 rings (SSSR count). The van der Waals surface area contributed by atoms with Crippen molar-refractivity contribution in [1.29, 1.82) is 0 Å². The molecule has 0 spiro atoms. The molecule has 1 N–H and O–H groups in total. The molecule has 0 aliphatic carbocycles. The Kier molecular flexibility index (Phi) is 13.8. The fourth-order valence-corrected chi connectivity index (χ4v) is 13.7. The van der Waals surface area contributed by atoms with Crippen LogP contribution in [0.15, 0.2) is 12.7 Å². The molecule has 0 bridgehead atoms. The van der Waals surface area contributed by atoms with Gasteiger partial charge in [0.2, 0.25) is 42.1 Å². The highest BCUT2D eigenvalue weighted by atomic mass is 28.3. The van der Waals surface area contributed by atoms with Gasteiger partial charge in [-0.1, -0.05) is 32.6 Å². The van der Waals surface area contributed by atoms with Crippen LogP contribution in [0.2, 0.25) is 71.5 Å². The van der Waals surface area contributed by atoms with E-state index in [2.05, 4.69) is 84.3 Å². The molecule has 0 aromatic rings. The average molecular weight is 520 g/mol. The summed E-state index contributed by atoms with van der Waals surface area (Å²) >= 11 is 0. The first-order chi connectivity index (χ1) is 14.2. The van der Waals surface area contributed by atoms with Gasteiger partial charge in [-0.15, -0.1) is 0 Å². The highest BCUT2D eigenvalue weighted by Gasteiger charge is 2.64. The van der Waals surface area contributed by atoms with Gasteiger partial charge in [0.1, 0.15) is 8.07 Å². The van der Waals surface area contributed by atoms with E-state index in [1.165, 1.54) is 6.08 Å². The van der Waals surface area contributed by atoms with Crippen LogP contribution in [0, 0.1) is 0 Å². The third kappa shape index (κ3) is 9.12. The van der Waals surface area contributed by atoms with Gasteiger partial charge in [0, 0.05) is 13.0 Å². The summed E-state index contributed by atoms with van der Waals surface area (Å²) in [6.45, 7) is 28.1. The molecule has 0 aliphatic heterocycles. The third-order valence-electron chi connectivity index (χ3n) is 4.75. The van der Waals surface area contributed by atoms with Gasteiger partial charge in [0.25, 0.3) is 0 Å². The highest BCUT2D eigenvalue weighted by Crippen LogP contribution is 2.46. The Labute approximate surface area is 199 Å². The monoisotopic (exact) mass is 519 g/mol. The molecular weight excluding hydrogens is 475 g/mol. The quantitative estimate of drug-likeness (QED) is 0.137. The maximum atomic E-state index is 11.6. The Balaban J connectivity index is 6.47.